The van der Waals surface area contributed by atoms with E-state index in [1.54, 1.807) is 12.4 Å². The maximum absolute atomic E-state index is 12.2. The highest BCUT2D eigenvalue weighted by atomic mass is 32.1. The molecule has 0 saturated carbocycles. The lowest BCUT2D eigenvalue weighted by Gasteiger charge is -2.19. The SMILES string of the molecule is CCNC(=O)Nc1cc(-c2nc(C)cs2)c(-c2cc(-c3nnc([C@@H](N)C(C)C)o3)cnc2OCCN(CC)CC)cn1. The van der Waals surface area contributed by atoms with Crippen LogP contribution in [0.2, 0.25) is 0 Å². The smallest absolute Gasteiger partial charge is 0.320 e. The maximum atomic E-state index is 12.2. The van der Waals surface area contributed by atoms with E-state index in [9.17, 15) is 4.79 Å². The molecule has 0 unspecified atom stereocenters. The summed E-state index contributed by atoms with van der Waals surface area (Å²) in [5, 5.41) is 16.7. The minimum atomic E-state index is -0.379. The second kappa shape index (κ2) is 14.3. The third-order valence-electron chi connectivity index (χ3n) is 6.71. The van der Waals surface area contributed by atoms with E-state index in [1.807, 2.05) is 45.2 Å². The molecular formula is C29H39N9O3S. The van der Waals surface area contributed by atoms with Gasteiger partial charge in [-0.2, -0.15) is 0 Å². The fourth-order valence-electron chi connectivity index (χ4n) is 4.17. The van der Waals surface area contributed by atoms with Gasteiger partial charge in [0.15, 0.2) is 0 Å². The third-order valence-corrected chi connectivity index (χ3v) is 7.70. The molecule has 12 nitrogen and oxygen atoms in total. The summed E-state index contributed by atoms with van der Waals surface area (Å²) in [7, 11) is 0. The number of aryl methyl sites for hydroxylation is 1. The van der Waals surface area contributed by atoms with Gasteiger partial charge in [-0.1, -0.05) is 27.7 Å². The van der Waals surface area contributed by atoms with E-state index >= 15 is 0 Å². The number of nitrogens with one attached hydrogen (secondary N) is 2. The van der Waals surface area contributed by atoms with Gasteiger partial charge in [0, 0.05) is 53.2 Å². The molecule has 4 N–H and O–H groups in total. The van der Waals surface area contributed by atoms with Crippen molar-refractivity contribution < 1.29 is 13.9 Å². The Kier molecular flexibility index (Phi) is 10.6. The Morgan fingerprint density at radius 1 is 1.10 bits per heavy atom. The van der Waals surface area contributed by atoms with Crippen molar-refractivity contribution >= 4 is 23.2 Å². The third kappa shape index (κ3) is 7.46. The van der Waals surface area contributed by atoms with E-state index < -0.39 is 0 Å². The number of urea groups is 1. The van der Waals surface area contributed by atoms with E-state index in [-0.39, 0.29) is 18.0 Å². The number of thiazole rings is 1. The molecule has 4 heterocycles. The van der Waals surface area contributed by atoms with Crippen LogP contribution in [0.4, 0.5) is 10.6 Å². The summed E-state index contributed by atoms with van der Waals surface area (Å²) in [6, 6.07) is 2.99. The predicted octanol–water partition coefficient (Wildman–Crippen LogP) is 5.14. The Balaban J connectivity index is 1.81. The Bertz CT molecular complexity index is 1480. The number of pyridine rings is 2. The van der Waals surface area contributed by atoms with Gasteiger partial charge in [-0.05, 0) is 45.0 Å². The number of ether oxygens (including phenoxy) is 1. The minimum absolute atomic E-state index is 0.135. The van der Waals surface area contributed by atoms with Crippen molar-refractivity contribution in [3.8, 4) is 39.0 Å². The molecular weight excluding hydrogens is 554 g/mol. The molecule has 13 heteroatoms. The number of rotatable bonds is 13. The van der Waals surface area contributed by atoms with E-state index in [4.69, 9.17) is 19.9 Å². The van der Waals surface area contributed by atoms with E-state index in [2.05, 4.69) is 49.5 Å². The highest BCUT2D eigenvalue weighted by Crippen LogP contribution is 2.40. The molecule has 0 saturated heterocycles. The molecule has 0 aliphatic rings. The van der Waals surface area contributed by atoms with Gasteiger partial charge in [0.25, 0.3) is 0 Å². The highest BCUT2D eigenvalue weighted by molar-refractivity contribution is 7.13. The van der Waals surface area contributed by atoms with Crippen LogP contribution in [0, 0.1) is 12.8 Å². The van der Waals surface area contributed by atoms with Crippen molar-refractivity contribution in [1.82, 2.24) is 35.4 Å². The lowest BCUT2D eigenvalue weighted by atomic mass is 10.0. The molecule has 224 valence electrons. The van der Waals surface area contributed by atoms with Crippen LogP contribution in [0.15, 0.2) is 34.3 Å². The van der Waals surface area contributed by atoms with Crippen LogP contribution >= 0.6 is 11.3 Å². The fraction of sp³-hybridized carbons (Fsp3) is 0.448. The van der Waals surface area contributed by atoms with Crippen LogP contribution in [-0.2, 0) is 0 Å². The summed E-state index contributed by atoms with van der Waals surface area (Å²) in [4.78, 5) is 28.5. The number of aromatic nitrogens is 5. The van der Waals surface area contributed by atoms with Crippen molar-refractivity contribution in [1.29, 1.82) is 0 Å². The summed E-state index contributed by atoms with van der Waals surface area (Å²) < 4.78 is 12.2. The first kappa shape index (κ1) is 31.0. The van der Waals surface area contributed by atoms with Crippen molar-refractivity contribution in [2.75, 3.05) is 38.1 Å². The number of likely N-dealkylation sites (N-methyl/N-ethyl adjacent to an activating group) is 1. The average Bonchev–Trinajstić information content (AvgIpc) is 3.65. The van der Waals surface area contributed by atoms with Crippen molar-refractivity contribution in [3.63, 3.8) is 0 Å². The van der Waals surface area contributed by atoms with E-state index in [0.29, 0.717) is 47.8 Å². The van der Waals surface area contributed by atoms with Crippen LogP contribution in [-0.4, -0.2) is 68.9 Å². The predicted molar refractivity (Wildman–Crippen MR) is 164 cm³/mol. The zero-order valence-electron chi connectivity index (χ0n) is 25.0. The monoisotopic (exact) mass is 593 g/mol. The van der Waals surface area contributed by atoms with E-state index in [0.717, 1.165) is 41.5 Å². The second-order valence-electron chi connectivity index (χ2n) is 10.1. The topological polar surface area (TPSA) is 157 Å². The van der Waals surface area contributed by atoms with Gasteiger partial charge in [-0.15, -0.1) is 21.5 Å². The number of carbonyl (C=O) groups excluding carboxylic acids is 1. The number of carbonyl (C=O) groups is 1. The second-order valence-corrected chi connectivity index (χ2v) is 10.9. The lowest BCUT2D eigenvalue weighted by molar-refractivity contribution is 0.218. The Morgan fingerprint density at radius 2 is 1.88 bits per heavy atom. The standard InChI is InChI=1S/C29H39N9O3S/c1-7-31-29(39)35-23-13-21(28-34-18(6)16-42-28)22(15-32-23)20-12-19(25-36-37-27(41-25)24(30)17(4)5)14-33-26(20)40-11-10-38(8-2)9-3/h12-17,24H,7-11,30H2,1-6H3,(H2,31,32,35,39)/t24-/m0/s1. The first-order chi connectivity index (χ1) is 20.2. The van der Waals surface area contributed by atoms with Gasteiger partial charge in [0.05, 0.1) is 11.6 Å². The largest absolute Gasteiger partial charge is 0.476 e. The molecule has 4 aromatic heterocycles. The van der Waals surface area contributed by atoms with Crippen molar-refractivity contribution in [3.05, 3.63) is 41.5 Å². The first-order valence-electron chi connectivity index (χ1n) is 14.2. The molecule has 0 bridgehead atoms. The zero-order chi connectivity index (χ0) is 30.2. The normalized spacial score (nSPS) is 12.1. The molecule has 42 heavy (non-hydrogen) atoms. The van der Waals surface area contributed by atoms with Gasteiger partial charge < -0.3 is 25.1 Å². The van der Waals surface area contributed by atoms with Gasteiger partial charge in [-0.25, -0.2) is 19.7 Å². The zero-order valence-corrected chi connectivity index (χ0v) is 25.8. The van der Waals surface area contributed by atoms with Crippen LogP contribution in [0.3, 0.4) is 0 Å². The lowest BCUT2D eigenvalue weighted by Crippen LogP contribution is -2.28. The molecule has 0 aliphatic carbocycles. The molecule has 0 radical (unpaired) electrons. The van der Waals surface area contributed by atoms with Gasteiger partial charge >= 0.3 is 6.03 Å². The molecule has 1 atom stereocenters. The van der Waals surface area contributed by atoms with Crippen LogP contribution in [0.5, 0.6) is 5.88 Å². The summed E-state index contributed by atoms with van der Waals surface area (Å²) in [6.07, 6.45) is 3.35. The first-order valence-corrected chi connectivity index (χ1v) is 15.0. The number of anilines is 1. The minimum Gasteiger partial charge on any atom is -0.476 e. The Morgan fingerprint density at radius 3 is 2.55 bits per heavy atom. The van der Waals surface area contributed by atoms with Gasteiger partial charge in [0.1, 0.15) is 17.4 Å². The number of nitrogens with two attached hydrogens (primary N) is 1. The summed E-state index contributed by atoms with van der Waals surface area (Å²) in [5.74, 6) is 1.63. The number of hydrogen-bond donors (Lipinski definition) is 3. The number of nitrogens with zero attached hydrogens (tertiary/aromatic N) is 6. The van der Waals surface area contributed by atoms with Crippen LogP contribution in [0.1, 0.15) is 52.2 Å². The molecule has 0 spiro atoms. The molecule has 4 rings (SSSR count). The molecule has 0 fully saturated rings. The average molecular weight is 594 g/mol. The molecule has 0 aliphatic heterocycles. The number of amides is 2. The molecule has 0 aromatic carbocycles. The highest BCUT2D eigenvalue weighted by Gasteiger charge is 2.22. The molecule has 2 amide bonds. The van der Waals surface area contributed by atoms with Gasteiger partial charge in [-0.3, -0.25) is 5.32 Å². The summed E-state index contributed by atoms with van der Waals surface area (Å²) >= 11 is 1.50. The quantitative estimate of drug-likeness (QED) is 0.189. The van der Waals surface area contributed by atoms with Crippen molar-refractivity contribution in [2.24, 2.45) is 11.7 Å². The summed E-state index contributed by atoms with van der Waals surface area (Å²) in [6.45, 7) is 15.6. The van der Waals surface area contributed by atoms with Crippen molar-refractivity contribution in [2.45, 2.75) is 47.6 Å². The van der Waals surface area contributed by atoms with Crippen LogP contribution in [0.25, 0.3) is 33.2 Å². The van der Waals surface area contributed by atoms with E-state index in [1.165, 1.54) is 11.3 Å². The number of hydrogen-bond acceptors (Lipinski definition) is 11. The Labute approximate surface area is 250 Å². The van der Waals surface area contributed by atoms with Crippen LogP contribution < -0.4 is 21.1 Å². The summed E-state index contributed by atoms with van der Waals surface area (Å²) in [5.41, 5.74) is 9.93. The Hall–Kier alpha value is -3.94. The fourth-order valence-corrected chi connectivity index (χ4v) is 5.00. The maximum Gasteiger partial charge on any atom is 0.320 e. The van der Waals surface area contributed by atoms with Gasteiger partial charge in [0.2, 0.25) is 17.7 Å². The molecule has 4 aromatic rings.